The Labute approximate surface area is 175 Å². The maximum atomic E-state index is 5.11. The van der Waals surface area contributed by atoms with Gasteiger partial charge >= 0.3 is 0 Å². The van der Waals surface area contributed by atoms with Crippen LogP contribution in [0.1, 0.15) is 48.6 Å². The van der Waals surface area contributed by atoms with E-state index in [1.807, 2.05) is 0 Å². The van der Waals surface area contributed by atoms with E-state index < -0.39 is 0 Å². The van der Waals surface area contributed by atoms with Gasteiger partial charge in [-0.3, -0.25) is 0 Å². The van der Waals surface area contributed by atoms with Gasteiger partial charge < -0.3 is 5.32 Å². The number of aryl methyl sites for hydroxylation is 2. The van der Waals surface area contributed by atoms with Crippen LogP contribution in [0, 0.1) is 0 Å². The van der Waals surface area contributed by atoms with E-state index >= 15 is 0 Å². The second kappa shape index (κ2) is 8.07. The minimum Gasteiger partial charge on any atom is -0.368 e. The molecule has 1 aliphatic rings. The van der Waals surface area contributed by atoms with Crippen molar-refractivity contribution < 1.29 is 0 Å². The van der Waals surface area contributed by atoms with Crippen molar-refractivity contribution in [1.82, 2.24) is 15.0 Å². The highest BCUT2D eigenvalue weighted by molar-refractivity contribution is 7.26. The molecule has 0 bridgehead atoms. The van der Waals surface area contributed by atoms with E-state index in [2.05, 4.69) is 47.6 Å². The minimum atomic E-state index is 0.858. The van der Waals surface area contributed by atoms with Gasteiger partial charge in [-0.2, -0.15) is 0 Å². The number of nitrogens with one attached hydrogen (secondary N) is 1. The molecule has 0 spiro atoms. The lowest BCUT2D eigenvalue weighted by molar-refractivity contribution is 0.675. The SMILES string of the molecule is CCCc1nc2sc3c(NCCc4ccccc4)ncnc3c2c2c1CCCC2. The first-order valence-electron chi connectivity index (χ1n) is 10.7. The van der Waals surface area contributed by atoms with Crippen LogP contribution in [0.15, 0.2) is 36.7 Å². The first-order valence-corrected chi connectivity index (χ1v) is 11.5. The average molecular weight is 403 g/mol. The fraction of sp³-hybridized carbons (Fsp3) is 0.375. The number of aromatic nitrogens is 3. The van der Waals surface area contributed by atoms with Gasteiger partial charge in [0.15, 0.2) is 0 Å². The van der Waals surface area contributed by atoms with Crippen LogP contribution in [0.25, 0.3) is 20.4 Å². The van der Waals surface area contributed by atoms with Gasteiger partial charge in [0.25, 0.3) is 0 Å². The largest absolute Gasteiger partial charge is 0.368 e. The zero-order chi connectivity index (χ0) is 19.6. The second-order valence-corrected chi connectivity index (χ2v) is 8.82. The van der Waals surface area contributed by atoms with E-state index in [9.17, 15) is 0 Å². The molecule has 4 nitrogen and oxygen atoms in total. The number of hydrogen-bond acceptors (Lipinski definition) is 5. The molecule has 0 fully saturated rings. The zero-order valence-corrected chi connectivity index (χ0v) is 17.7. The topological polar surface area (TPSA) is 50.7 Å². The van der Waals surface area contributed by atoms with Gasteiger partial charge in [-0.1, -0.05) is 43.7 Å². The minimum absolute atomic E-state index is 0.858. The van der Waals surface area contributed by atoms with Gasteiger partial charge in [0.2, 0.25) is 0 Å². The predicted octanol–water partition coefficient (Wildman–Crippen LogP) is 5.73. The average Bonchev–Trinajstić information content (AvgIpc) is 3.14. The number of pyridine rings is 1. The summed E-state index contributed by atoms with van der Waals surface area (Å²) in [6.45, 7) is 3.10. The molecule has 4 aromatic rings. The third-order valence-corrected chi connectivity index (χ3v) is 6.92. The van der Waals surface area contributed by atoms with Crippen molar-refractivity contribution in [1.29, 1.82) is 0 Å². The maximum Gasteiger partial charge on any atom is 0.147 e. The first-order chi connectivity index (χ1) is 14.3. The third kappa shape index (κ3) is 3.48. The molecule has 0 saturated carbocycles. The normalized spacial score (nSPS) is 13.7. The number of nitrogens with zero attached hydrogens (tertiary/aromatic N) is 3. The van der Waals surface area contributed by atoms with E-state index in [-0.39, 0.29) is 0 Å². The van der Waals surface area contributed by atoms with Crippen LogP contribution in [-0.2, 0) is 25.7 Å². The van der Waals surface area contributed by atoms with Crippen LogP contribution >= 0.6 is 11.3 Å². The molecule has 3 aromatic heterocycles. The summed E-state index contributed by atoms with van der Waals surface area (Å²) in [6.07, 6.45) is 9.75. The molecule has 0 aliphatic heterocycles. The number of thiophene rings is 1. The van der Waals surface area contributed by atoms with E-state index in [1.54, 1.807) is 17.7 Å². The quantitative estimate of drug-likeness (QED) is 0.448. The molecular formula is C24H26N4S. The molecule has 0 amide bonds. The van der Waals surface area contributed by atoms with E-state index in [0.717, 1.165) is 59.5 Å². The van der Waals surface area contributed by atoms with Crippen molar-refractivity contribution in [3.05, 3.63) is 59.0 Å². The van der Waals surface area contributed by atoms with Crippen molar-refractivity contribution in [2.45, 2.75) is 51.9 Å². The number of benzene rings is 1. The smallest absolute Gasteiger partial charge is 0.147 e. The Morgan fingerprint density at radius 3 is 2.66 bits per heavy atom. The maximum absolute atomic E-state index is 5.11. The molecule has 1 aliphatic carbocycles. The van der Waals surface area contributed by atoms with Crippen LogP contribution in [-0.4, -0.2) is 21.5 Å². The molecule has 29 heavy (non-hydrogen) atoms. The summed E-state index contributed by atoms with van der Waals surface area (Å²) in [6, 6.07) is 10.6. The van der Waals surface area contributed by atoms with Crippen molar-refractivity contribution >= 4 is 37.6 Å². The van der Waals surface area contributed by atoms with Crippen molar-refractivity contribution in [2.24, 2.45) is 0 Å². The van der Waals surface area contributed by atoms with E-state index in [4.69, 9.17) is 9.97 Å². The molecule has 0 saturated heterocycles. The Bertz CT molecular complexity index is 1150. The molecule has 0 radical (unpaired) electrons. The fourth-order valence-electron chi connectivity index (χ4n) is 4.48. The lowest BCUT2D eigenvalue weighted by Crippen LogP contribution is -2.09. The van der Waals surface area contributed by atoms with Crippen LogP contribution in [0.3, 0.4) is 0 Å². The van der Waals surface area contributed by atoms with Crippen LogP contribution in [0.5, 0.6) is 0 Å². The van der Waals surface area contributed by atoms with Gasteiger partial charge in [-0.25, -0.2) is 15.0 Å². The molecule has 0 unspecified atom stereocenters. The van der Waals surface area contributed by atoms with Crippen LogP contribution in [0.2, 0.25) is 0 Å². The number of hydrogen-bond donors (Lipinski definition) is 1. The van der Waals surface area contributed by atoms with Gasteiger partial charge in [-0.05, 0) is 55.2 Å². The molecule has 1 N–H and O–H groups in total. The van der Waals surface area contributed by atoms with E-state index in [0.29, 0.717) is 0 Å². The Kier molecular flexibility index (Phi) is 5.15. The molecule has 0 atom stereocenters. The summed E-state index contributed by atoms with van der Waals surface area (Å²) in [5, 5.41) is 4.83. The van der Waals surface area contributed by atoms with Crippen LogP contribution < -0.4 is 5.32 Å². The summed E-state index contributed by atoms with van der Waals surface area (Å²) >= 11 is 1.75. The Balaban J connectivity index is 1.54. The Morgan fingerprint density at radius 1 is 1.00 bits per heavy atom. The molecular weight excluding hydrogens is 376 g/mol. The highest BCUT2D eigenvalue weighted by Crippen LogP contribution is 2.40. The summed E-state index contributed by atoms with van der Waals surface area (Å²) < 4.78 is 1.14. The first kappa shape index (κ1) is 18.5. The van der Waals surface area contributed by atoms with Crippen LogP contribution in [0.4, 0.5) is 5.82 Å². The molecule has 5 heteroatoms. The summed E-state index contributed by atoms with van der Waals surface area (Å²) in [4.78, 5) is 15.5. The molecule has 1 aromatic carbocycles. The number of anilines is 1. The predicted molar refractivity (Wildman–Crippen MR) is 122 cm³/mol. The Morgan fingerprint density at radius 2 is 1.83 bits per heavy atom. The molecule has 5 rings (SSSR count). The van der Waals surface area contributed by atoms with Crippen molar-refractivity contribution in [3.63, 3.8) is 0 Å². The van der Waals surface area contributed by atoms with Gasteiger partial charge in [0.1, 0.15) is 17.0 Å². The van der Waals surface area contributed by atoms with Crippen molar-refractivity contribution in [3.8, 4) is 0 Å². The van der Waals surface area contributed by atoms with Crippen molar-refractivity contribution in [2.75, 3.05) is 11.9 Å². The standard InChI is InChI=1S/C24H26N4S/c1-2-8-19-17-11-6-7-12-18(17)20-21-22(29-24(20)28-19)23(27-15-26-21)25-14-13-16-9-4-3-5-10-16/h3-5,9-10,15H,2,6-8,11-14H2,1H3,(H,25,26,27). The highest BCUT2D eigenvalue weighted by Gasteiger charge is 2.22. The van der Waals surface area contributed by atoms with E-state index in [1.165, 1.54) is 40.6 Å². The molecule has 148 valence electrons. The van der Waals surface area contributed by atoms with Gasteiger partial charge in [0.05, 0.1) is 10.2 Å². The lowest BCUT2D eigenvalue weighted by Gasteiger charge is -2.19. The fourth-order valence-corrected chi connectivity index (χ4v) is 5.62. The monoisotopic (exact) mass is 402 g/mol. The van der Waals surface area contributed by atoms with Gasteiger partial charge in [0, 0.05) is 17.6 Å². The summed E-state index contributed by atoms with van der Waals surface area (Å²) in [5.74, 6) is 0.940. The third-order valence-electron chi connectivity index (χ3n) is 5.84. The lowest BCUT2D eigenvalue weighted by atomic mass is 9.88. The van der Waals surface area contributed by atoms with Gasteiger partial charge in [-0.15, -0.1) is 11.3 Å². The summed E-state index contributed by atoms with van der Waals surface area (Å²) in [5.41, 5.74) is 6.73. The molecule has 3 heterocycles. The highest BCUT2D eigenvalue weighted by atomic mass is 32.1. The number of fused-ring (bicyclic) bond motifs is 5. The zero-order valence-electron chi connectivity index (χ0n) is 16.9. The second-order valence-electron chi connectivity index (χ2n) is 7.82. The summed E-state index contributed by atoms with van der Waals surface area (Å²) in [7, 11) is 0. The Hall–Kier alpha value is -2.53. The number of rotatable bonds is 6.